The lowest BCUT2D eigenvalue weighted by Gasteiger charge is -2.25. The minimum Gasteiger partial charge on any atom is -0.491 e. The summed E-state index contributed by atoms with van der Waals surface area (Å²) in [6.07, 6.45) is 1.33. The lowest BCUT2D eigenvalue weighted by molar-refractivity contribution is -0.144. The van der Waals surface area contributed by atoms with Crippen molar-refractivity contribution in [2.45, 2.75) is 52.4 Å². The third-order valence-corrected chi connectivity index (χ3v) is 3.75. The van der Waals surface area contributed by atoms with Gasteiger partial charge in [-0.25, -0.2) is 0 Å². The van der Waals surface area contributed by atoms with Crippen molar-refractivity contribution in [2.24, 2.45) is 0 Å². The fourth-order valence-corrected chi connectivity index (χ4v) is 2.43. The SMILES string of the molecule is CCCCN(CCOc1ccccc1C(C)(C)C)C(=O)CC(=O)O. The number of carbonyl (C=O) groups is 2. The number of carboxylic acid groups (broad SMARTS) is 1. The minimum atomic E-state index is -1.10. The quantitative estimate of drug-likeness (QED) is 0.702. The fourth-order valence-electron chi connectivity index (χ4n) is 2.43. The van der Waals surface area contributed by atoms with E-state index in [1.54, 1.807) is 4.90 Å². The van der Waals surface area contributed by atoms with E-state index in [-0.39, 0.29) is 11.3 Å². The van der Waals surface area contributed by atoms with E-state index in [0.717, 1.165) is 24.2 Å². The summed E-state index contributed by atoms with van der Waals surface area (Å²) in [4.78, 5) is 24.4. The van der Waals surface area contributed by atoms with Crippen molar-refractivity contribution in [3.8, 4) is 5.75 Å². The number of amides is 1. The second kappa shape index (κ2) is 9.30. The molecule has 0 unspecified atom stereocenters. The van der Waals surface area contributed by atoms with Crippen LogP contribution in [0, 0.1) is 0 Å². The van der Waals surface area contributed by atoms with Crippen LogP contribution in [0.1, 0.15) is 52.5 Å². The first-order chi connectivity index (χ1) is 11.3. The van der Waals surface area contributed by atoms with Gasteiger partial charge in [-0.2, -0.15) is 0 Å². The Labute approximate surface area is 144 Å². The van der Waals surface area contributed by atoms with E-state index < -0.39 is 12.4 Å². The molecule has 0 radical (unpaired) electrons. The van der Waals surface area contributed by atoms with Gasteiger partial charge in [0, 0.05) is 6.54 Å². The van der Waals surface area contributed by atoms with Gasteiger partial charge in [0.1, 0.15) is 18.8 Å². The zero-order valence-corrected chi connectivity index (χ0v) is 15.2. The Morgan fingerprint density at radius 2 is 1.83 bits per heavy atom. The van der Waals surface area contributed by atoms with Gasteiger partial charge < -0.3 is 14.7 Å². The molecule has 0 aliphatic rings. The molecule has 0 spiro atoms. The van der Waals surface area contributed by atoms with Crippen LogP contribution in [-0.2, 0) is 15.0 Å². The van der Waals surface area contributed by atoms with Gasteiger partial charge in [-0.05, 0) is 23.5 Å². The molecule has 5 heteroatoms. The van der Waals surface area contributed by atoms with E-state index in [1.165, 1.54) is 0 Å². The number of aliphatic carboxylic acids is 1. The second-order valence-electron chi connectivity index (χ2n) is 6.90. The predicted molar refractivity (Wildman–Crippen MR) is 94.4 cm³/mol. The van der Waals surface area contributed by atoms with Crippen LogP contribution in [0.15, 0.2) is 24.3 Å². The number of hydrogen-bond acceptors (Lipinski definition) is 3. The van der Waals surface area contributed by atoms with Gasteiger partial charge in [0.05, 0.1) is 6.54 Å². The molecule has 0 aliphatic heterocycles. The van der Waals surface area contributed by atoms with Gasteiger partial charge in [-0.1, -0.05) is 52.3 Å². The summed E-state index contributed by atoms with van der Waals surface area (Å²) in [5, 5.41) is 8.81. The van der Waals surface area contributed by atoms with E-state index in [4.69, 9.17) is 9.84 Å². The Kier molecular flexibility index (Phi) is 7.75. The van der Waals surface area contributed by atoms with Crippen LogP contribution in [0.3, 0.4) is 0 Å². The Balaban J connectivity index is 2.68. The molecule has 24 heavy (non-hydrogen) atoms. The molecule has 1 aromatic carbocycles. The third kappa shape index (κ3) is 6.60. The van der Waals surface area contributed by atoms with Crippen LogP contribution in [0.25, 0.3) is 0 Å². The molecule has 0 bridgehead atoms. The Morgan fingerprint density at radius 3 is 2.42 bits per heavy atom. The Morgan fingerprint density at radius 1 is 1.17 bits per heavy atom. The van der Waals surface area contributed by atoms with Crippen LogP contribution in [-0.4, -0.2) is 41.6 Å². The summed E-state index contributed by atoms with van der Waals surface area (Å²) in [5.41, 5.74) is 1.08. The average molecular weight is 335 g/mol. The van der Waals surface area contributed by atoms with Crippen molar-refractivity contribution < 1.29 is 19.4 Å². The first-order valence-corrected chi connectivity index (χ1v) is 8.47. The van der Waals surface area contributed by atoms with Gasteiger partial charge in [-0.15, -0.1) is 0 Å². The largest absolute Gasteiger partial charge is 0.491 e. The van der Waals surface area contributed by atoms with Gasteiger partial charge in [0.2, 0.25) is 5.91 Å². The van der Waals surface area contributed by atoms with Crippen molar-refractivity contribution in [1.29, 1.82) is 0 Å². The van der Waals surface area contributed by atoms with E-state index >= 15 is 0 Å². The second-order valence-corrected chi connectivity index (χ2v) is 6.90. The summed E-state index contributed by atoms with van der Waals surface area (Å²) in [6.45, 7) is 9.72. The van der Waals surface area contributed by atoms with Crippen molar-refractivity contribution in [3.63, 3.8) is 0 Å². The molecule has 134 valence electrons. The molecule has 0 atom stereocenters. The fraction of sp³-hybridized carbons (Fsp3) is 0.579. The highest BCUT2D eigenvalue weighted by atomic mass is 16.5. The molecular formula is C19H29NO4. The predicted octanol–water partition coefficient (Wildman–Crippen LogP) is 3.47. The monoisotopic (exact) mass is 335 g/mol. The maximum atomic E-state index is 12.0. The molecule has 1 amide bonds. The van der Waals surface area contributed by atoms with Crippen molar-refractivity contribution in [2.75, 3.05) is 19.7 Å². The van der Waals surface area contributed by atoms with E-state index in [0.29, 0.717) is 19.7 Å². The summed E-state index contributed by atoms with van der Waals surface area (Å²) < 4.78 is 5.89. The zero-order valence-electron chi connectivity index (χ0n) is 15.2. The molecule has 1 aromatic rings. The molecule has 0 saturated heterocycles. The number of carbonyl (C=O) groups excluding carboxylic acids is 1. The molecule has 0 aromatic heterocycles. The smallest absolute Gasteiger partial charge is 0.312 e. The Hall–Kier alpha value is -2.04. The van der Waals surface area contributed by atoms with Gasteiger partial charge in [0.15, 0.2) is 0 Å². The standard InChI is InChI=1S/C19H29NO4/c1-5-6-11-20(17(21)14-18(22)23)12-13-24-16-10-8-7-9-15(16)19(2,3)4/h7-10H,5-6,11-14H2,1-4H3,(H,22,23). The highest BCUT2D eigenvalue weighted by Crippen LogP contribution is 2.30. The molecule has 0 fully saturated rings. The number of carboxylic acids is 1. The number of para-hydroxylation sites is 1. The number of benzene rings is 1. The molecule has 1 rings (SSSR count). The van der Waals surface area contributed by atoms with Crippen LogP contribution in [0.4, 0.5) is 0 Å². The normalized spacial score (nSPS) is 11.2. The van der Waals surface area contributed by atoms with Gasteiger partial charge in [-0.3, -0.25) is 9.59 Å². The van der Waals surface area contributed by atoms with Crippen LogP contribution >= 0.6 is 0 Å². The maximum absolute atomic E-state index is 12.0. The van der Waals surface area contributed by atoms with Crippen LogP contribution in [0.5, 0.6) is 5.75 Å². The average Bonchev–Trinajstić information content (AvgIpc) is 2.49. The van der Waals surface area contributed by atoms with Crippen LogP contribution in [0.2, 0.25) is 0 Å². The zero-order chi connectivity index (χ0) is 18.2. The van der Waals surface area contributed by atoms with E-state index in [9.17, 15) is 9.59 Å². The topological polar surface area (TPSA) is 66.8 Å². The van der Waals surface area contributed by atoms with Crippen molar-refractivity contribution >= 4 is 11.9 Å². The lowest BCUT2D eigenvalue weighted by atomic mass is 9.86. The van der Waals surface area contributed by atoms with Gasteiger partial charge >= 0.3 is 5.97 Å². The third-order valence-electron chi connectivity index (χ3n) is 3.75. The number of hydrogen-bond donors (Lipinski definition) is 1. The molecule has 0 aliphatic carbocycles. The van der Waals surface area contributed by atoms with E-state index in [1.807, 2.05) is 31.2 Å². The lowest BCUT2D eigenvalue weighted by Crippen LogP contribution is -2.36. The minimum absolute atomic E-state index is 0.0301. The van der Waals surface area contributed by atoms with Crippen molar-refractivity contribution in [1.82, 2.24) is 4.90 Å². The van der Waals surface area contributed by atoms with Gasteiger partial charge in [0.25, 0.3) is 0 Å². The first-order valence-electron chi connectivity index (χ1n) is 8.47. The first kappa shape index (κ1) is 20.0. The number of rotatable bonds is 9. The highest BCUT2D eigenvalue weighted by molar-refractivity contribution is 5.93. The summed E-state index contributed by atoms with van der Waals surface area (Å²) in [5.74, 6) is -0.643. The van der Waals surface area contributed by atoms with Crippen molar-refractivity contribution in [3.05, 3.63) is 29.8 Å². The number of ether oxygens (including phenoxy) is 1. The molecular weight excluding hydrogens is 306 g/mol. The summed E-state index contributed by atoms with van der Waals surface area (Å²) in [7, 11) is 0. The maximum Gasteiger partial charge on any atom is 0.312 e. The highest BCUT2D eigenvalue weighted by Gasteiger charge is 2.19. The molecule has 0 saturated carbocycles. The molecule has 5 nitrogen and oxygen atoms in total. The molecule has 1 N–H and O–H groups in total. The van der Waals surface area contributed by atoms with E-state index in [2.05, 4.69) is 20.8 Å². The molecule has 0 heterocycles. The number of nitrogens with zero attached hydrogens (tertiary/aromatic N) is 1. The summed E-state index contributed by atoms with van der Waals surface area (Å²) >= 11 is 0. The Bertz CT molecular complexity index is 549. The number of unbranched alkanes of at least 4 members (excludes halogenated alkanes) is 1. The summed E-state index contributed by atoms with van der Waals surface area (Å²) in [6, 6.07) is 7.88. The van der Waals surface area contributed by atoms with Crippen LogP contribution < -0.4 is 4.74 Å².